The van der Waals surface area contributed by atoms with Gasteiger partial charge in [-0.25, -0.2) is 0 Å². The van der Waals surface area contributed by atoms with Crippen molar-refractivity contribution in [1.82, 2.24) is 5.32 Å². The highest BCUT2D eigenvalue weighted by atomic mass is 16.5. The van der Waals surface area contributed by atoms with Crippen LogP contribution in [0.2, 0.25) is 0 Å². The molecule has 7 nitrogen and oxygen atoms in total. The van der Waals surface area contributed by atoms with Gasteiger partial charge in [-0.05, 0) is 31.2 Å². The average Bonchev–Trinajstić information content (AvgIpc) is 2.44. The molecule has 7 heteroatoms. The van der Waals surface area contributed by atoms with Crippen molar-refractivity contribution in [2.45, 2.75) is 18.9 Å². The monoisotopic (exact) mass is 311 g/mol. The first-order valence-corrected chi connectivity index (χ1v) is 6.67. The molecular weight excluding hydrogens is 290 g/mol. The number of hydrogen-bond donors (Lipinski definition) is 2. The molecule has 22 heavy (non-hydrogen) atoms. The van der Waals surface area contributed by atoms with Crippen molar-refractivity contribution in [2.75, 3.05) is 27.4 Å². The van der Waals surface area contributed by atoms with Gasteiger partial charge in [0.2, 0.25) is 0 Å². The van der Waals surface area contributed by atoms with Crippen LogP contribution in [0.15, 0.2) is 24.3 Å². The number of rotatable bonds is 9. The standard InChI is InChI=1S/C15H21NO6/c1-15(10-20-2,8-14(18)19)16-13(17)9-22-12-6-4-11(21-3)5-7-12/h4-7H,8-10H2,1-3H3,(H,16,17)(H,18,19). The van der Waals surface area contributed by atoms with Gasteiger partial charge in [-0.3, -0.25) is 9.59 Å². The molecule has 0 saturated heterocycles. The number of amides is 1. The highest BCUT2D eigenvalue weighted by molar-refractivity contribution is 5.79. The van der Waals surface area contributed by atoms with Crippen LogP contribution >= 0.6 is 0 Å². The van der Waals surface area contributed by atoms with E-state index in [-0.39, 0.29) is 19.6 Å². The molecule has 0 heterocycles. The minimum absolute atomic E-state index is 0.0908. The van der Waals surface area contributed by atoms with Gasteiger partial charge in [-0.2, -0.15) is 0 Å². The molecule has 1 atom stereocenters. The summed E-state index contributed by atoms with van der Waals surface area (Å²) in [5.41, 5.74) is -0.985. The third kappa shape index (κ3) is 6.01. The molecule has 0 aromatic heterocycles. The first kappa shape index (κ1) is 17.8. The molecule has 1 unspecified atom stereocenters. The lowest BCUT2D eigenvalue weighted by Crippen LogP contribution is -2.52. The summed E-state index contributed by atoms with van der Waals surface area (Å²) in [5, 5.41) is 11.5. The number of aliphatic carboxylic acids is 1. The summed E-state index contributed by atoms with van der Waals surface area (Å²) in [4.78, 5) is 22.8. The van der Waals surface area contributed by atoms with Gasteiger partial charge >= 0.3 is 5.97 Å². The van der Waals surface area contributed by atoms with E-state index in [1.165, 1.54) is 7.11 Å². The summed E-state index contributed by atoms with van der Waals surface area (Å²) < 4.78 is 15.3. The summed E-state index contributed by atoms with van der Waals surface area (Å²) >= 11 is 0. The van der Waals surface area contributed by atoms with Gasteiger partial charge in [0.25, 0.3) is 5.91 Å². The molecule has 1 aromatic carbocycles. The molecule has 0 saturated carbocycles. The normalized spacial score (nSPS) is 13.0. The maximum Gasteiger partial charge on any atom is 0.305 e. The molecule has 0 aliphatic carbocycles. The minimum Gasteiger partial charge on any atom is -0.497 e. The number of methoxy groups -OCH3 is 2. The zero-order chi connectivity index (χ0) is 16.6. The number of carbonyl (C=O) groups excluding carboxylic acids is 1. The predicted octanol–water partition coefficient (Wildman–Crippen LogP) is 1.07. The summed E-state index contributed by atoms with van der Waals surface area (Å²) in [7, 11) is 3.00. The molecule has 1 rings (SSSR count). The van der Waals surface area contributed by atoms with Crippen molar-refractivity contribution in [3.8, 4) is 11.5 Å². The fourth-order valence-electron chi connectivity index (χ4n) is 1.98. The number of nitrogens with one attached hydrogen (secondary N) is 1. The Hall–Kier alpha value is -2.28. The Morgan fingerprint density at radius 2 is 1.77 bits per heavy atom. The van der Waals surface area contributed by atoms with E-state index >= 15 is 0 Å². The van der Waals surface area contributed by atoms with E-state index in [1.54, 1.807) is 38.3 Å². The number of carboxylic acid groups (broad SMARTS) is 1. The van der Waals surface area contributed by atoms with E-state index in [0.717, 1.165) is 0 Å². The molecule has 122 valence electrons. The van der Waals surface area contributed by atoms with E-state index in [0.29, 0.717) is 11.5 Å². The SMILES string of the molecule is COCC(C)(CC(=O)O)NC(=O)COc1ccc(OC)cc1. The van der Waals surface area contributed by atoms with E-state index in [1.807, 2.05) is 0 Å². The van der Waals surface area contributed by atoms with Crippen molar-refractivity contribution in [1.29, 1.82) is 0 Å². The van der Waals surface area contributed by atoms with Crippen LogP contribution in [-0.4, -0.2) is 50.0 Å². The molecule has 0 radical (unpaired) electrons. The second-order valence-electron chi connectivity index (χ2n) is 5.08. The molecule has 1 amide bonds. The molecule has 0 aliphatic heterocycles. The number of carbonyl (C=O) groups is 2. The van der Waals surface area contributed by atoms with Gasteiger partial charge in [0.15, 0.2) is 6.61 Å². The zero-order valence-corrected chi connectivity index (χ0v) is 12.9. The Bertz CT molecular complexity index is 501. The summed E-state index contributed by atoms with van der Waals surface area (Å²) in [5.74, 6) is -0.235. The third-order valence-electron chi connectivity index (χ3n) is 2.87. The van der Waals surface area contributed by atoms with E-state index in [4.69, 9.17) is 19.3 Å². The van der Waals surface area contributed by atoms with Gasteiger partial charge < -0.3 is 24.6 Å². The largest absolute Gasteiger partial charge is 0.497 e. The van der Waals surface area contributed by atoms with E-state index in [2.05, 4.69) is 5.32 Å². The maximum atomic E-state index is 11.9. The number of carboxylic acids is 1. The predicted molar refractivity (Wildman–Crippen MR) is 79.2 cm³/mol. The quantitative estimate of drug-likeness (QED) is 0.708. The molecule has 0 fully saturated rings. The Labute approximate surface area is 129 Å². The minimum atomic E-state index is -1.02. The summed E-state index contributed by atoms with van der Waals surface area (Å²) in [6.07, 6.45) is -0.241. The van der Waals surface area contributed by atoms with Gasteiger partial charge in [0, 0.05) is 7.11 Å². The first-order chi connectivity index (χ1) is 10.4. The van der Waals surface area contributed by atoms with Gasteiger partial charge in [0.1, 0.15) is 11.5 Å². The molecule has 0 aliphatic rings. The molecule has 0 bridgehead atoms. The van der Waals surface area contributed by atoms with Crippen LogP contribution in [-0.2, 0) is 14.3 Å². The van der Waals surface area contributed by atoms with Crippen molar-refractivity contribution < 1.29 is 28.9 Å². The topological polar surface area (TPSA) is 94.1 Å². The van der Waals surface area contributed by atoms with Crippen LogP contribution in [0, 0.1) is 0 Å². The highest BCUT2D eigenvalue weighted by Gasteiger charge is 2.29. The summed E-state index contributed by atoms with van der Waals surface area (Å²) in [6.45, 7) is 1.48. The first-order valence-electron chi connectivity index (χ1n) is 6.67. The fourth-order valence-corrected chi connectivity index (χ4v) is 1.98. The fraction of sp³-hybridized carbons (Fsp3) is 0.467. The molecule has 1 aromatic rings. The summed E-state index contributed by atoms with van der Waals surface area (Å²) in [6, 6.07) is 6.79. The highest BCUT2D eigenvalue weighted by Crippen LogP contribution is 2.17. The Morgan fingerprint density at radius 3 is 2.27 bits per heavy atom. The smallest absolute Gasteiger partial charge is 0.305 e. The number of hydrogen-bond acceptors (Lipinski definition) is 5. The van der Waals surface area contributed by atoms with Crippen LogP contribution in [0.4, 0.5) is 0 Å². The lowest BCUT2D eigenvalue weighted by atomic mass is 9.99. The van der Waals surface area contributed by atoms with Crippen LogP contribution in [0.1, 0.15) is 13.3 Å². The van der Waals surface area contributed by atoms with Crippen LogP contribution in [0.25, 0.3) is 0 Å². The van der Waals surface area contributed by atoms with Crippen LogP contribution < -0.4 is 14.8 Å². The maximum absolute atomic E-state index is 11.9. The third-order valence-corrected chi connectivity index (χ3v) is 2.87. The Balaban J connectivity index is 2.54. The Kier molecular flexibility index (Phi) is 6.65. The van der Waals surface area contributed by atoms with Gasteiger partial charge in [-0.15, -0.1) is 0 Å². The lowest BCUT2D eigenvalue weighted by Gasteiger charge is -2.28. The van der Waals surface area contributed by atoms with Crippen molar-refractivity contribution in [3.05, 3.63) is 24.3 Å². The Morgan fingerprint density at radius 1 is 1.18 bits per heavy atom. The molecular formula is C15H21NO6. The second kappa shape index (κ2) is 8.23. The van der Waals surface area contributed by atoms with E-state index in [9.17, 15) is 9.59 Å². The second-order valence-corrected chi connectivity index (χ2v) is 5.08. The molecule has 2 N–H and O–H groups in total. The zero-order valence-electron chi connectivity index (χ0n) is 12.9. The average molecular weight is 311 g/mol. The van der Waals surface area contributed by atoms with Gasteiger partial charge in [-0.1, -0.05) is 0 Å². The number of ether oxygens (including phenoxy) is 3. The van der Waals surface area contributed by atoms with Crippen molar-refractivity contribution in [2.24, 2.45) is 0 Å². The van der Waals surface area contributed by atoms with E-state index < -0.39 is 17.4 Å². The van der Waals surface area contributed by atoms with Crippen LogP contribution in [0.3, 0.4) is 0 Å². The van der Waals surface area contributed by atoms with Crippen LogP contribution in [0.5, 0.6) is 11.5 Å². The van der Waals surface area contributed by atoms with Crippen molar-refractivity contribution >= 4 is 11.9 Å². The van der Waals surface area contributed by atoms with Crippen molar-refractivity contribution in [3.63, 3.8) is 0 Å². The lowest BCUT2D eigenvalue weighted by molar-refractivity contribution is -0.139. The van der Waals surface area contributed by atoms with Gasteiger partial charge in [0.05, 0.1) is 25.7 Å². The number of benzene rings is 1. The molecule has 0 spiro atoms.